The lowest BCUT2D eigenvalue weighted by atomic mass is 10.2. The molecule has 18 heavy (non-hydrogen) atoms. The Morgan fingerprint density at radius 2 is 2.33 bits per heavy atom. The van der Waals surface area contributed by atoms with Crippen molar-refractivity contribution >= 4 is 11.7 Å². The molecule has 0 aliphatic carbocycles. The molecule has 0 atom stereocenters. The number of unbranched alkanes of at least 4 members (excludes halogenated alkanes) is 1. The lowest BCUT2D eigenvalue weighted by Gasteiger charge is -2.24. The Morgan fingerprint density at radius 3 is 2.94 bits per heavy atom. The maximum Gasteiger partial charge on any atom is 0.236 e. The zero-order chi connectivity index (χ0) is 13.4. The highest BCUT2D eigenvalue weighted by molar-refractivity contribution is 5.79. The Balaban J connectivity index is 2.91. The van der Waals surface area contributed by atoms with Crippen molar-refractivity contribution in [2.75, 3.05) is 25.0 Å². The fourth-order valence-electron chi connectivity index (χ4n) is 1.84. The normalized spacial score (nSPS) is 10.3. The van der Waals surface area contributed by atoms with Gasteiger partial charge in [0.25, 0.3) is 0 Å². The van der Waals surface area contributed by atoms with Crippen LogP contribution in [0.15, 0.2) is 18.3 Å². The van der Waals surface area contributed by atoms with E-state index < -0.39 is 0 Å². The smallest absolute Gasteiger partial charge is 0.236 e. The van der Waals surface area contributed by atoms with Crippen molar-refractivity contribution in [1.82, 2.24) is 10.3 Å². The zero-order valence-corrected chi connectivity index (χ0v) is 11.1. The van der Waals surface area contributed by atoms with Gasteiger partial charge in [-0.15, -0.1) is 0 Å². The Hall–Kier alpha value is -1.62. The molecule has 5 heteroatoms. The number of anilines is 1. The van der Waals surface area contributed by atoms with E-state index in [1.165, 1.54) is 0 Å². The van der Waals surface area contributed by atoms with Gasteiger partial charge in [0.2, 0.25) is 5.91 Å². The van der Waals surface area contributed by atoms with Gasteiger partial charge in [0.15, 0.2) is 0 Å². The molecule has 1 amide bonds. The minimum Gasteiger partial charge on any atom is -0.368 e. The number of hydrogen-bond donors (Lipinski definition) is 2. The van der Waals surface area contributed by atoms with Crippen molar-refractivity contribution in [3.05, 3.63) is 23.9 Å². The first kappa shape index (κ1) is 14.4. The number of pyridine rings is 1. The van der Waals surface area contributed by atoms with Gasteiger partial charge in [-0.05, 0) is 19.5 Å². The van der Waals surface area contributed by atoms with Crippen LogP contribution in [-0.2, 0) is 11.3 Å². The third-order valence-electron chi connectivity index (χ3n) is 2.66. The second kappa shape index (κ2) is 7.66. The molecule has 1 aromatic rings. The molecule has 0 aliphatic heterocycles. The molecule has 0 radical (unpaired) electrons. The van der Waals surface area contributed by atoms with Crippen molar-refractivity contribution in [2.24, 2.45) is 5.73 Å². The van der Waals surface area contributed by atoms with E-state index in [1.807, 2.05) is 24.1 Å². The lowest BCUT2D eigenvalue weighted by Crippen LogP contribution is -2.36. The molecule has 5 nitrogen and oxygen atoms in total. The van der Waals surface area contributed by atoms with Crippen LogP contribution in [0.4, 0.5) is 5.82 Å². The van der Waals surface area contributed by atoms with Gasteiger partial charge in [-0.2, -0.15) is 0 Å². The summed E-state index contributed by atoms with van der Waals surface area (Å²) in [6.45, 7) is 3.86. The van der Waals surface area contributed by atoms with Crippen molar-refractivity contribution in [2.45, 2.75) is 26.3 Å². The molecule has 3 N–H and O–H groups in total. The first-order valence-electron chi connectivity index (χ1n) is 6.30. The van der Waals surface area contributed by atoms with E-state index in [0.29, 0.717) is 0 Å². The number of carbonyl (C=O) groups is 1. The van der Waals surface area contributed by atoms with E-state index in [0.717, 1.165) is 37.3 Å². The molecular formula is C13H22N4O. The van der Waals surface area contributed by atoms with E-state index in [4.69, 9.17) is 5.73 Å². The predicted molar refractivity (Wildman–Crippen MR) is 73.3 cm³/mol. The number of rotatable bonds is 8. The molecule has 1 rings (SSSR count). The Kier molecular flexibility index (Phi) is 6.14. The van der Waals surface area contributed by atoms with Gasteiger partial charge in [-0.1, -0.05) is 19.4 Å². The van der Waals surface area contributed by atoms with E-state index >= 15 is 0 Å². The van der Waals surface area contributed by atoms with Crippen LogP contribution >= 0.6 is 0 Å². The maximum atomic E-state index is 11.2. The van der Waals surface area contributed by atoms with Crippen LogP contribution in [0.5, 0.6) is 0 Å². The summed E-state index contributed by atoms with van der Waals surface area (Å²) in [5, 5.41) is 3.11. The fourth-order valence-corrected chi connectivity index (χ4v) is 1.84. The van der Waals surface area contributed by atoms with Crippen LogP contribution in [0.2, 0.25) is 0 Å². The second-order valence-electron chi connectivity index (χ2n) is 4.26. The van der Waals surface area contributed by atoms with Gasteiger partial charge >= 0.3 is 0 Å². The van der Waals surface area contributed by atoms with Gasteiger partial charge in [0.05, 0.1) is 6.54 Å². The highest BCUT2D eigenvalue weighted by Crippen LogP contribution is 2.17. The zero-order valence-electron chi connectivity index (χ0n) is 11.1. The summed E-state index contributed by atoms with van der Waals surface area (Å²) in [7, 11) is 1.89. The van der Waals surface area contributed by atoms with Gasteiger partial charge in [0, 0.05) is 24.8 Å². The minimum atomic E-state index is -0.327. The topological polar surface area (TPSA) is 71.2 Å². The summed E-state index contributed by atoms with van der Waals surface area (Å²) >= 11 is 0. The number of primary amides is 1. The molecule has 0 unspecified atom stereocenters. The van der Waals surface area contributed by atoms with E-state index in [9.17, 15) is 4.79 Å². The van der Waals surface area contributed by atoms with Crippen molar-refractivity contribution in [1.29, 1.82) is 0 Å². The van der Waals surface area contributed by atoms with Gasteiger partial charge < -0.3 is 16.0 Å². The number of nitrogens with zero attached hydrogens (tertiary/aromatic N) is 2. The predicted octanol–water partition coefficient (Wildman–Crippen LogP) is 0.893. The molecule has 0 bridgehead atoms. The SMILES string of the molecule is CCCCN(CC(N)=O)c1ncccc1CNC. The number of aromatic nitrogens is 1. The average Bonchev–Trinajstić information content (AvgIpc) is 2.35. The van der Waals surface area contributed by atoms with Gasteiger partial charge in [-0.25, -0.2) is 4.98 Å². The second-order valence-corrected chi connectivity index (χ2v) is 4.26. The van der Waals surface area contributed by atoms with Crippen LogP contribution in [0.1, 0.15) is 25.3 Å². The largest absolute Gasteiger partial charge is 0.368 e. The number of carbonyl (C=O) groups excluding carboxylic acids is 1. The standard InChI is InChI=1S/C13H22N4O/c1-3-4-8-17(10-12(14)18)13-11(9-15-2)6-5-7-16-13/h5-7,15H,3-4,8-10H2,1-2H3,(H2,14,18). The van der Waals surface area contributed by atoms with Crippen molar-refractivity contribution < 1.29 is 4.79 Å². The summed E-state index contributed by atoms with van der Waals surface area (Å²) in [4.78, 5) is 17.5. The number of nitrogens with one attached hydrogen (secondary N) is 1. The third-order valence-corrected chi connectivity index (χ3v) is 2.66. The van der Waals surface area contributed by atoms with Crippen molar-refractivity contribution in [3.63, 3.8) is 0 Å². The molecule has 1 heterocycles. The van der Waals surface area contributed by atoms with Crippen LogP contribution in [0, 0.1) is 0 Å². The van der Waals surface area contributed by atoms with Gasteiger partial charge in [-0.3, -0.25) is 4.79 Å². The molecule has 0 spiro atoms. The monoisotopic (exact) mass is 250 g/mol. The molecule has 0 aliphatic rings. The van der Waals surface area contributed by atoms with Crippen molar-refractivity contribution in [3.8, 4) is 0 Å². The molecule has 0 aromatic carbocycles. The Bertz CT molecular complexity index is 381. The van der Waals surface area contributed by atoms with E-state index in [2.05, 4.69) is 17.2 Å². The lowest BCUT2D eigenvalue weighted by molar-refractivity contribution is -0.116. The third kappa shape index (κ3) is 4.33. The Morgan fingerprint density at radius 1 is 1.56 bits per heavy atom. The first-order chi connectivity index (χ1) is 8.69. The van der Waals surface area contributed by atoms with Crippen LogP contribution in [-0.4, -0.2) is 31.0 Å². The number of nitrogens with two attached hydrogens (primary N) is 1. The molecular weight excluding hydrogens is 228 g/mol. The van der Waals surface area contributed by atoms with Crippen LogP contribution in [0.3, 0.4) is 0 Å². The molecule has 0 saturated heterocycles. The average molecular weight is 250 g/mol. The van der Waals surface area contributed by atoms with Crippen LogP contribution < -0.4 is 16.0 Å². The number of hydrogen-bond acceptors (Lipinski definition) is 4. The summed E-state index contributed by atoms with van der Waals surface area (Å²) in [5.74, 6) is 0.520. The maximum absolute atomic E-state index is 11.2. The highest BCUT2D eigenvalue weighted by atomic mass is 16.1. The summed E-state index contributed by atoms with van der Waals surface area (Å²) < 4.78 is 0. The summed E-state index contributed by atoms with van der Waals surface area (Å²) in [6.07, 6.45) is 3.83. The quantitative estimate of drug-likeness (QED) is 0.719. The molecule has 0 fully saturated rings. The van der Waals surface area contributed by atoms with Crippen LogP contribution in [0.25, 0.3) is 0 Å². The summed E-state index contributed by atoms with van der Waals surface area (Å²) in [5.41, 5.74) is 6.38. The summed E-state index contributed by atoms with van der Waals surface area (Å²) in [6, 6.07) is 3.91. The van der Waals surface area contributed by atoms with E-state index in [-0.39, 0.29) is 12.5 Å². The van der Waals surface area contributed by atoms with E-state index in [1.54, 1.807) is 6.20 Å². The fraction of sp³-hybridized carbons (Fsp3) is 0.538. The molecule has 0 saturated carbocycles. The molecule has 100 valence electrons. The van der Waals surface area contributed by atoms with Gasteiger partial charge in [0.1, 0.15) is 5.82 Å². The Labute approximate surface area is 108 Å². The minimum absolute atomic E-state index is 0.216. The highest BCUT2D eigenvalue weighted by Gasteiger charge is 2.13. The number of amides is 1. The first-order valence-corrected chi connectivity index (χ1v) is 6.30. The molecule has 1 aromatic heterocycles.